The highest BCUT2D eigenvalue weighted by molar-refractivity contribution is 5.98. The number of anilines is 1. The van der Waals surface area contributed by atoms with Gasteiger partial charge in [0.25, 0.3) is 5.91 Å². The summed E-state index contributed by atoms with van der Waals surface area (Å²) in [4.78, 5) is 24.0. The van der Waals surface area contributed by atoms with Crippen molar-refractivity contribution in [1.82, 2.24) is 10.6 Å². The quantitative estimate of drug-likeness (QED) is 0.786. The molecule has 1 heterocycles. The third-order valence-corrected chi connectivity index (χ3v) is 3.97. The second kappa shape index (κ2) is 6.26. The summed E-state index contributed by atoms with van der Waals surface area (Å²) in [5, 5.41) is 9.18. The van der Waals surface area contributed by atoms with Crippen molar-refractivity contribution in [2.75, 3.05) is 18.4 Å². The van der Waals surface area contributed by atoms with Crippen LogP contribution in [0.15, 0.2) is 24.3 Å². The lowest BCUT2D eigenvalue weighted by molar-refractivity contribution is -0.117. The molecule has 112 valence electrons. The molecule has 5 nitrogen and oxygen atoms in total. The Morgan fingerprint density at radius 2 is 2.05 bits per heavy atom. The second-order valence-corrected chi connectivity index (χ2v) is 5.86. The molecule has 1 aliphatic heterocycles. The fourth-order valence-electron chi connectivity index (χ4n) is 2.57. The third-order valence-electron chi connectivity index (χ3n) is 3.97. The maximum Gasteiger partial charge on any atom is 0.251 e. The number of hydrogen-bond donors (Lipinski definition) is 3. The van der Waals surface area contributed by atoms with E-state index in [-0.39, 0.29) is 23.8 Å². The standard InChI is InChI=1S/C16H21N3O2/c20-15(11-6-7-11)18-13-4-1-3-12(9-13)16(21)19-14-5-2-8-17-10-14/h1,3-4,9,11,14,17H,2,5-8,10H2,(H,18,20)(H,19,21). The topological polar surface area (TPSA) is 70.2 Å². The van der Waals surface area contributed by atoms with Crippen LogP contribution in [-0.2, 0) is 4.79 Å². The molecule has 5 heteroatoms. The predicted octanol–water partition coefficient (Wildman–Crippen LogP) is 1.52. The van der Waals surface area contributed by atoms with Gasteiger partial charge in [0, 0.05) is 29.8 Å². The molecule has 0 spiro atoms. The summed E-state index contributed by atoms with van der Waals surface area (Å²) in [6.07, 6.45) is 4.04. The van der Waals surface area contributed by atoms with Gasteiger partial charge in [0.15, 0.2) is 0 Å². The largest absolute Gasteiger partial charge is 0.348 e. The van der Waals surface area contributed by atoms with Crippen molar-refractivity contribution in [3.05, 3.63) is 29.8 Å². The number of carbonyl (C=O) groups is 2. The van der Waals surface area contributed by atoms with Crippen molar-refractivity contribution < 1.29 is 9.59 Å². The summed E-state index contributed by atoms with van der Waals surface area (Å²) < 4.78 is 0. The van der Waals surface area contributed by atoms with Gasteiger partial charge in [0.2, 0.25) is 5.91 Å². The summed E-state index contributed by atoms with van der Waals surface area (Å²) in [6, 6.07) is 7.33. The molecule has 2 fully saturated rings. The first kappa shape index (κ1) is 14.1. The summed E-state index contributed by atoms with van der Waals surface area (Å²) in [5.41, 5.74) is 1.29. The highest BCUT2D eigenvalue weighted by Crippen LogP contribution is 2.30. The molecule has 1 saturated heterocycles. The Balaban J connectivity index is 1.61. The molecule has 1 aliphatic carbocycles. The van der Waals surface area contributed by atoms with Crippen LogP contribution in [0.25, 0.3) is 0 Å². The molecule has 2 amide bonds. The van der Waals surface area contributed by atoms with Gasteiger partial charge in [-0.1, -0.05) is 6.07 Å². The van der Waals surface area contributed by atoms with E-state index in [1.807, 2.05) is 6.07 Å². The Labute approximate surface area is 124 Å². The van der Waals surface area contributed by atoms with Crippen molar-refractivity contribution in [3.8, 4) is 0 Å². The van der Waals surface area contributed by atoms with E-state index in [0.717, 1.165) is 38.8 Å². The zero-order chi connectivity index (χ0) is 14.7. The van der Waals surface area contributed by atoms with E-state index in [1.165, 1.54) is 0 Å². The van der Waals surface area contributed by atoms with Gasteiger partial charge in [-0.3, -0.25) is 9.59 Å². The van der Waals surface area contributed by atoms with Gasteiger partial charge < -0.3 is 16.0 Å². The number of rotatable bonds is 4. The highest BCUT2D eigenvalue weighted by atomic mass is 16.2. The van der Waals surface area contributed by atoms with Gasteiger partial charge in [-0.2, -0.15) is 0 Å². The third kappa shape index (κ3) is 3.82. The Kier molecular flexibility index (Phi) is 4.20. The average molecular weight is 287 g/mol. The van der Waals surface area contributed by atoms with E-state index in [1.54, 1.807) is 18.2 Å². The Bertz CT molecular complexity index is 534. The van der Waals surface area contributed by atoms with Crippen molar-refractivity contribution in [3.63, 3.8) is 0 Å². The fourth-order valence-corrected chi connectivity index (χ4v) is 2.57. The van der Waals surface area contributed by atoms with Crippen molar-refractivity contribution in [2.24, 2.45) is 5.92 Å². The van der Waals surface area contributed by atoms with E-state index >= 15 is 0 Å². The number of amides is 2. The van der Waals surface area contributed by atoms with E-state index in [0.29, 0.717) is 11.3 Å². The molecule has 1 saturated carbocycles. The Morgan fingerprint density at radius 1 is 1.19 bits per heavy atom. The van der Waals surface area contributed by atoms with Crippen LogP contribution in [0, 0.1) is 5.92 Å². The number of nitrogens with one attached hydrogen (secondary N) is 3. The average Bonchev–Trinajstić information content (AvgIpc) is 3.33. The molecule has 1 atom stereocenters. The molecular formula is C16H21N3O2. The van der Waals surface area contributed by atoms with Crippen molar-refractivity contribution in [1.29, 1.82) is 0 Å². The number of piperidine rings is 1. The van der Waals surface area contributed by atoms with Crippen LogP contribution in [-0.4, -0.2) is 30.9 Å². The van der Waals surface area contributed by atoms with E-state index < -0.39 is 0 Å². The smallest absolute Gasteiger partial charge is 0.251 e. The van der Waals surface area contributed by atoms with E-state index in [2.05, 4.69) is 16.0 Å². The lowest BCUT2D eigenvalue weighted by atomic mass is 10.1. The molecule has 1 aromatic carbocycles. The first-order valence-corrected chi connectivity index (χ1v) is 7.65. The zero-order valence-electron chi connectivity index (χ0n) is 12.0. The van der Waals surface area contributed by atoms with Crippen LogP contribution in [0.2, 0.25) is 0 Å². The molecule has 0 bridgehead atoms. The normalized spacial score (nSPS) is 21.6. The van der Waals surface area contributed by atoms with Gasteiger partial charge in [-0.05, 0) is 50.4 Å². The lowest BCUT2D eigenvalue weighted by Gasteiger charge is -2.23. The molecule has 1 unspecified atom stereocenters. The van der Waals surface area contributed by atoms with Gasteiger partial charge in [0.1, 0.15) is 0 Å². The molecule has 3 rings (SSSR count). The monoisotopic (exact) mass is 287 g/mol. The first-order valence-electron chi connectivity index (χ1n) is 7.65. The van der Waals surface area contributed by atoms with Gasteiger partial charge in [-0.15, -0.1) is 0 Å². The van der Waals surface area contributed by atoms with Crippen LogP contribution in [0.1, 0.15) is 36.0 Å². The second-order valence-electron chi connectivity index (χ2n) is 5.86. The maximum atomic E-state index is 12.2. The highest BCUT2D eigenvalue weighted by Gasteiger charge is 2.29. The fraction of sp³-hybridized carbons (Fsp3) is 0.500. The summed E-state index contributed by atoms with van der Waals surface area (Å²) >= 11 is 0. The molecule has 0 radical (unpaired) electrons. The number of hydrogen-bond acceptors (Lipinski definition) is 3. The van der Waals surface area contributed by atoms with E-state index in [9.17, 15) is 9.59 Å². The van der Waals surface area contributed by atoms with Crippen molar-refractivity contribution in [2.45, 2.75) is 31.7 Å². The van der Waals surface area contributed by atoms with Crippen LogP contribution >= 0.6 is 0 Å². The van der Waals surface area contributed by atoms with Crippen LogP contribution in [0.5, 0.6) is 0 Å². The van der Waals surface area contributed by atoms with E-state index in [4.69, 9.17) is 0 Å². The zero-order valence-corrected chi connectivity index (χ0v) is 12.0. The van der Waals surface area contributed by atoms with Crippen LogP contribution < -0.4 is 16.0 Å². The van der Waals surface area contributed by atoms with Crippen molar-refractivity contribution >= 4 is 17.5 Å². The molecule has 2 aliphatic rings. The first-order chi connectivity index (χ1) is 10.2. The minimum absolute atomic E-state index is 0.0593. The SMILES string of the molecule is O=C(NC1CCCNC1)c1cccc(NC(=O)C2CC2)c1. The Hall–Kier alpha value is -1.88. The Morgan fingerprint density at radius 3 is 2.76 bits per heavy atom. The molecule has 3 N–H and O–H groups in total. The maximum absolute atomic E-state index is 12.2. The van der Waals surface area contributed by atoms with Gasteiger partial charge in [0.05, 0.1) is 0 Å². The predicted molar refractivity (Wildman–Crippen MR) is 81.2 cm³/mol. The van der Waals surface area contributed by atoms with Gasteiger partial charge in [-0.25, -0.2) is 0 Å². The minimum atomic E-state index is -0.0776. The summed E-state index contributed by atoms with van der Waals surface area (Å²) in [6.45, 7) is 1.85. The summed E-state index contributed by atoms with van der Waals surface area (Å²) in [5.74, 6) is 0.144. The number of benzene rings is 1. The molecular weight excluding hydrogens is 266 g/mol. The molecule has 1 aromatic rings. The van der Waals surface area contributed by atoms with Gasteiger partial charge >= 0.3 is 0 Å². The number of carbonyl (C=O) groups excluding carboxylic acids is 2. The minimum Gasteiger partial charge on any atom is -0.348 e. The van der Waals surface area contributed by atoms with Crippen LogP contribution in [0.4, 0.5) is 5.69 Å². The summed E-state index contributed by atoms with van der Waals surface area (Å²) in [7, 11) is 0. The van der Waals surface area contributed by atoms with Crippen LogP contribution in [0.3, 0.4) is 0 Å². The molecule has 0 aromatic heterocycles. The molecule has 21 heavy (non-hydrogen) atoms. The lowest BCUT2D eigenvalue weighted by Crippen LogP contribution is -2.45.